The number of amides is 1. The van der Waals surface area contributed by atoms with Crippen LogP contribution in [0, 0.1) is 11.7 Å². The number of rotatable bonds is 7. The van der Waals surface area contributed by atoms with Gasteiger partial charge in [-0.25, -0.2) is 9.38 Å². The number of amidine groups is 1. The molecule has 3 aliphatic rings. The smallest absolute Gasteiger partial charge is 0.249 e. The molecule has 1 saturated heterocycles. The maximum absolute atomic E-state index is 13.1. The summed E-state index contributed by atoms with van der Waals surface area (Å²) in [7, 11) is 0. The van der Waals surface area contributed by atoms with E-state index in [2.05, 4.69) is 32.4 Å². The molecule has 1 aromatic carbocycles. The van der Waals surface area contributed by atoms with Crippen molar-refractivity contribution in [3.05, 3.63) is 59.7 Å². The highest BCUT2D eigenvalue weighted by atomic mass is 19.1. The minimum Gasteiger partial charge on any atom is -0.355 e. The second kappa shape index (κ2) is 9.29. The Morgan fingerprint density at radius 3 is 2.64 bits per heavy atom. The molecule has 2 N–H and O–H groups in total. The number of benzene rings is 1. The molecule has 0 radical (unpaired) electrons. The number of hydrogen-bond acceptors (Lipinski definition) is 4. The molecule has 176 valence electrons. The number of hydrogen-bond donors (Lipinski definition) is 2. The van der Waals surface area contributed by atoms with E-state index in [-0.39, 0.29) is 11.7 Å². The van der Waals surface area contributed by atoms with Crippen LogP contribution in [-0.2, 0) is 17.9 Å². The lowest BCUT2D eigenvalue weighted by Gasteiger charge is -2.39. The van der Waals surface area contributed by atoms with Crippen molar-refractivity contribution in [1.82, 2.24) is 20.1 Å². The molecular formula is C26H34FN5O. The third-order valence-corrected chi connectivity index (χ3v) is 7.22. The van der Waals surface area contributed by atoms with Crippen LogP contribution in [0.3, 0.4) is 0 Å². The molecule has 1 saturated carbocycles. The molecule has 1 unspecified atom stereocenters. The molecule has 1 aliphatic carbocycles. The summed E-state index contributed by atoms with van der Waals surface area (Å²) in [6.07, 6.45) is 7.74. The number of nitrogens with one attached hydrogen (secondary N) is 2. The Hall–Kier alpha value is -2.67. The summed E-state index contributed by atoms with van der Waals surface area (Å²) < 4.78 is 15.3. The van der Waals surface area contributed by atoms with Crippen molar-refractivity contribution in [3.63, 3.8) is 0 Å². The summed E-state index contributed by atoms with van der Waals surface area (Å²) in [6, 6.07) is 11.2. The predicted octanol–water partition coefficient (Wildman–Crippen LogP) is 3.32. The maximum atomic E-state index is 13.1. The minimum absolute atomic E-state index is 0.0239. The first-order valence-electron chi connectivity index (χ1n) is 12.3. The van der Waals surface area contributed by atoms with Crippen molar-refractivity contribution in [3.8, 4) is 0 Å². The molecule has 0 spiro atoms. The zero-order chi connectivity index (χ0) is 22.8. The topological polar surface area (TPSA) is 61.7 Å². The van der Waals surface area contributed by atoms with Gasteiger partial charge in [0.25, 0.3) is 0 Å². The largest absolute Gasteiger partial charge is 0.355 e. The second-order valence-electron chi connectivity index (χ2n) is 9.99. The Bertz CT molecular complexity index is 1000. The van der Waals surface area contributed by atoms with Gasteiger partial charge in [-0.2, -0.15) is 0 Å². The van der Waals surface area contributed by atoms with E-state index in [9.17, 15) is 9.18 Å². The van der Waals surface area contributed by atoms with Crippen LogP contribution in [-0.4, -0.2) is 52.4 Å². The number of aromatic nitrogens is 1. The summed E-state index contributed by atoms with van der Waals surface area (Å²) >= 11 is 0. The van der Waals surface area contributed by atoms with Gasteiger partial charge in [-0.15, -0.1) is 0 Å². The van der Waals surface area contributed by atoms with Crippen molar-refractivity contribution < 1.29 is 9.18 Å². The maximum Gasteiger partial charge on any atom is 0.249 e. The molecule has 0 bridgehead atoms. The van der Waals surface area contributed by atoms with Crippen LogP contribution in [0.15, 0.2) is 47.6 Å². The molecule has 33 heavy (non-hydrogen) atoms. The Morgan fingerprint density at radius 1 is 1.15 bits per heavy atom. The van der Waals surface area contributed by atoms with E-state index in [0.717, 1.165) is 68.5 Å². The number of nitrogens with zero attached hydrogens (tertiary/aromatic N) is 3. The first kappa shape index (κ1) is 22.1. The van der Waals surface area contributed by atoms with E-state index >= 15 is 0 Å². The number of likely N-dealkylation sites (tertiary alicyclic amines) is 1. The summed E-state index contributed by atoms with van der Waals surface area (Å²) in [4.78, 5) is 20.5. The van der Waals surface area contributed by atoms with Crippen LogP contribution in [0.1, 0.15) is 50.3 Å². The highest BCUT2D eigenvalue weighted by Crippen LogP contribution is 2.32. The van der Waals surface area contributed by atoms with Crippen molar-refractivity contribution in [2.75, 3.05) is 19.6 Å². The number of halogens is 1. The standard InChI is InChI=1S/C26H34FN5O/c1-26(25(33)28-13-10-19-4-5-19)18-32-14-2-3-23(32)24(30-26)31-15-11-22(12-16-31)29-17-20-6-8-21(27)9-7-20/h2-3,6-9,14,19,22,29H,4-5,10-13,15-18H2,1H3,(H,28,33). The van der Waals surface area contributed by atoms with Gasteiger partial charge < -0.3 is 20.1 Å². The Balaban J connectivity index is 1.21. The minimum atomic E-state index is -0.789. The first-order chi connectivity index (χ1) is 16.0. The van der Waals surface area contributed by atoms with Gasteiger partial charge in [-0.1, -0.05) is 25.0 Å². The lowest BCUT2D eigenvalue weighted by molar-refractivity contribution is -0.126. The fourth-order valence-corrected chi connectivity index (χ4v) is 4.91. The van der Waals surface area contributed by atoms with Crippen molar-refractivity contribution in [1.29, 1.82) is 0 Å². The van der Waals surface area contributed by atoms with E-state index in [1.54, 1.807) is 0 Å². The number of aliphatic imine (C=N–C) groups is 1. The lowest BCUT2D eigenvalue weighted by Crippen LogP contribution is -2.53. The predicted molar refractivity (Wildman–Crippen MR) is 128 cm³/mol. The molecule has 5 rings (SSSR count). The highest BCUT2D eigenvalue weighted by molar-refractivity contribution is 6.01. The number of fused-ring (bicyclic) bond motifs is 1. The SMILES string of the molecule is CC1(C(=O)NCCC2CC2)Cn2cccc2C(N2CCC(NCc3ccc(F)cc3)CC2)=N1. The number of carbonyl (C=O) groups excluding carboxylic acids is 1. The van der Waals surface area contributed by atoms with Gasteiger partial charge in [0.2, 0.25) is 5.91 Å². The molecule has 1 amide bonds. The zero-order valence-corrected chi connectivity index (χ0v) is 19.4. The van der Waals surface area contributed by atoms with E-state index in [0.29, 0.717) is 12.6 Å². The fourth-order valence-electron chi connectivity index (χ4n) is 4.91. The Morgan fingerprint density at radius 2 is 1.91 bits per heavy atom. The van der Waals surface area contributed by atoms with Crippen LogP contribution in [0.4, 0.5) is 4.39 Å². The van der Waals surface area contributed by atoms with Crippen LogP contribution in [0.2, 0.25) is 0 Å². The van der Waals surface area contributed by atoms with Crippen LogP contribution in [0.5, 0.6) is 0 Å². The van der Waals surface area contributed by atoms with Gasteiger partial charge in [-0.3, -0.25) is 4.79 Å². The fraction of sp³-hybridized carbons (Fsp3) is 0.538. The Kier molecular flexibility index (Phi) is 6.23. The molecule has 1 aromatic heterocycles. The van der Waals surface area contributed by atoms with Gasteiger partial charge in [0.1, 0.15) is 11.7 Å². The van der Waals surface area contributed by atoms with Crippen molar-refractivity contribution in [2.24, 2.45) is 10.9 Å². The van der Waals surface area contributed by atoms with Crippen molar-refractivity contribution >= 4 is 11.7 Å². The highest BCUT2D eigenvalue weighted by Gasteiger charge is 2.39. The Labute approximate surface area is 195 Å². The average Bonchev–Trinajstić information content (AvgIpc) is 3.53. The molecule has 7 heteroatoms. The van der Waals surface area contributed by atoms with E-state index in [1.165, 1.54) is 25.0 Å². The molecule has 6 nitrogen and oxygen atoms in total. The van der Waals surface area contributed by atoms with E-state index in [1.807, 2.05) is 25.1 Å². The van der Waals surface area contributed by atoms with Gasteiger partial charge in [0, 0.05) is 38.4 Å². The normalized spacial score (nSPS) is 23.2. The summed E-state index contributed by atoms with van der Waals surface area (Å²) in [5.74, 6) is 1.56. The average molecular weight is 452 g/mol. The summed E-state index contributed by atoms with van der Waals surface area (Å²) in [5.41, 5.74) is 1.40. The first-order valence-corrected chi connectivity index (χ1v) is 12.3. The quantitative estimate of drug-likeness (QED) is 0.679. The molecule has 2 aliphatic heterocycles. The lowest BCUT2D eigenvalue weighted by atomic mass is 9.98. The van der Waals surface area contributed by atoms with Gasteiger partial charge in [0.05, 0.1) is 12.2 Å². The molecule has 3 heterocycles. The zero-order valence-electron chi connectivity index (χ0n) is 19.4. The summed E-state index contributed by atoms with van der Waals surface area (Å²) in [6.45, 7) is 5.81. The molecule has 1 atom stereocenters. The molecular weight excluding hydrogens is 417 g/mol. The van der Waals surface area contributed by atoms with Crippen LogP contribution >= 0.6 is 0 Å². The van der Waals surface area contributed by atoms with Gasteiger partial charge in [-0.05, 0) is 61.9 Å². The number of carbonyl (C=O) groups is 1. The van der Waals surface area contributed by atoms with Crippen molar-refractivity contribution in [2.45, 2.75) is 63.7 Å². The second-order valence-corrected chi connectivity index (χ2v) is 9.99. The monoisotopic (exact) mass is 451 g/mol. The van der Waals surface area contributed by atoms with Gasteiger partial charge in [0.15, 0.2) is 5.54 Å². The van der Waals surface area contributed by atoms with Crippen LogP contribution < -0.4 is 10.6 Å². The van der Waals surface area contributed by atoms with E-state index in [4.69, 9.17) is 4.99 Å². The van der Waals surface area contributed by atoms with Crippen LogP contribution in [0.25, 0.3) is 0 Å². The molecule has 2 aromatic rings. The third-order valence-electron chi connectivity index (χ3n) is 7.22. The summed E-state index contributed by atoms with van der Waals surface area (Å²) in [5, 5.41) is 6.75. The third kappa shape index (κ3) is 5.13. The van der Waals surface area contributed by atoms with Gasteiger partial charge >= 0.3 is 0 Å². The molecule has 2 fully saturated rings. The number of piperidine rings is 1. The van der Waals surface area contributed by atoms with E-state index < -0.39 is 5.54 Å².